The van der Waals surface area contributed by atoms with Crippen LogP contribution < -0.4 is 15.0 Å². The van der Waals surface area contributed by atoms with Gasteiger partial charge in [-0.1, -0.05) is 18.5 Å². The zero-order valence-corrected chi connectivity index (χ0v) is 15.3. The summed E-state index contributed by atoms with van der Waals surface area (Å²) in [6, 6.07) is 14.3. The number of nitrogens with one attached hydrogen (secondary N) is 1. The largest absolute Gasteiger partial charge is 0.494 e. The minimum Gasteiger partial charge on any atom is -0.494 e. The van der Waals surface area contributed by atoms with Crippen LogP contribution in [-0.2, 0) is 9.59 Å². The van der Waals surface area contributed by atoms with Gasteiger partial charge in [0, 0.05) is 29.4 Å². The fourth-order valence-corrected chi connectivity index (χ4v) is 2.98. The average Bonchev–Trinajstić information content (AvgIpc) is 3.04. The maximum atomic E-state index is 12.5. The number of benzene rings is 2. The molecule has 5 nitrogen and oxygen atoms in total. The first kappa shape index (κ1) is 18.3. The SMILES string of the molecule is CCCOc1ccc(N2C[C@@H](C(=O)Nc3ccc(Cl)cc3)CC2=O)cc1. The summed E-state index contributed by atoms with van der Waals surface area (Å²) in [4.78, 5) is 26.4. The lowest BCUT2D eigenvalue weighted by molar-refractivity contribution is -0.122. The first-order valence-electron chi connectivity index (χ1n) is 8.66. The number of amides is 2. The molecule has 6 heteroatoms. The quantitative estimate of drug-likeness (QED) is 0.829. The molecule has 0 aliphatic carbocycles. The Labute approximate surface area is 157 Å². The number of anilines is 2. The number of ether oxygens (including phenoxy) is 1. The summed E-state index contributed by atoms with van der Waals surface area (Å²) in [7, 11) is 0. The third kappa shape index (κ3) is 4.35. The van der Waals surface area contributed by atoms with Crippen LogP contribution in [0.3, 0.4) is 0 Å². The van der Waals surface area contributed by atoms with Crippen LogP contribution in [-0.4, -0.2) is 25.0 Å². The number of hydrogen-bond donors (Lipinski definition) is 1. The molecule has 2 amide bonds. The van der Waals surface area contributed by atoms with E-state index < -0.39 is 0 Å². The van der Waals surface area contributed by atoms with Gasteiger partial charge in [-0.3, -0.25) is 9.59 Å². The van der Waals surface area contributed by atoms with Crippen LogP contribution in [0.4, 0.5) is 11.4 Å². The van der Waals surface area contributed by atoms with Gasteiger partial charge < -0.3 is 15.0 Å². The molecule has 0 unspecified atom stereocenters. The Kier molecular flexibility index (Phi) is 5.78. The van der Waals surface area contributed by atoms with E-state index in [0.29, 0.717) is 23.9 Å². The van der Waals surface area contributed by atoms with Crippen molar-refractivity contribution >= 4 is 34.8 Å². The van der Waals surface area contributed by atoms with Crippen LogP contribution in [0.25, 0.3) is 0 Å². The molecule has 136 valence electrons. The molecule has 0 bridgehead atoms. The molecule has 0 radical (unpaired) electrons. The fraction of sp³-hybridized carbons (Fsp3) is 0.300. The molecule has 1 aliphatic rings. The van der Waals surface area contributed by atoms with Crippen LogP contribution >= 0.6 is 11.6 Å². The van der Waals surface area contributed by atoms with Crippen molar-refractivity contribution in [2.45, 2.75) is 19.8 Å². The van der Waals surface area contributed by atoms with E-state index in [2.05, 4.69) is 5.32 Å². The second-order valence-corrected chi connectivity index (χ2v) is 6.68. The molecule has 0 saturated carbocycles. The maximum Gasteiger partial charge on any atom is 0.229 e. The van der Waals surface area contributed by atoms with Crippen LogP contribution in [0.15, 0.2) is 48.5 Å². The van der Waals surface area contributed by atoms with Crippen molar-refractivity contribution in [3.8, 4) is 5.75 Å². The molecule has 0 spiro atoms. The van der Waals surface area contributed by atoms with E-state index in [1.165, 1.54) is 0 Å². The molecule has 1 fully saturated rings. The first-order chi connectivity index (χ1) is 12.6. The molecule has 2 aromatic carbocycles. The number of nitrogens with zero attached hydrogens (tertiary/aromatic N) is 1. The Morgan fingerprint density at radius 1 is 1.19 bits per heavy atom. The van der Waals surface area contributed by atoms with Gasteiger partial charge in [0.05, 0.1) is 12.5 Å². The Balaban J connectivity index is 1.62. The van der Waals surface area contributed by atoms with Gasteiger partial charge in [0.15, 0.2) is 0 Å². The monoisotopic (exact) mass is 372 g/mol. The average molecular weight is 373 g/mol. The maximum absolute atomic E-state index is 12.5. The van der Waals surface area contributed by atoms with E-state index in [9.17, 15) is 9.59 Å². The number of carbonyl (C=O) groups is 2. The Morgan fingerprint density at radius 2 is 1.88 bits per heavy atom. The molecule has 3 rings (SSSR count). The minimum absolute atomic E-state index is 0.0523. The van der Waals surface area contributed by atoms with Crippen molar-refractivity contribution in [2.75, 3.05) is 23.4 Å². The van der Waals surface area contributed by atoms with Crippen molar-refractivity contribution < 1.29 is 14.3 Å². The lowest BCUT2D eigenvalue weighted by Crippen LogP contribution is -2.28. The summed E-state index contributed by atoms with van der Waals surface area (Å²) in [5, 5.41) is 3.45. The summed E-state index contributed by atoms with van der Waals surface area (Å²) in [6.45, 7) is 3.08. The molecule has 1 aliphatic heterocycles. The Hall–Kier alpha value is -2.53. The number of rotatable bonds is 6. The van der Waals surface area contributed by atoms with Gasteiger partial charge in [-0.25, -0.2) is 0 Å². The highest BCUT2D eigenvalue weighted by Crippen LogP contribution is 2.28. The van der Waals surface area contributed by atoms with E-state index in [1.807, 2.05) is 31.2 Å². The second-order valence-electron chi connectivity index (χ2n) is 6.24. The van der Waals surface area contributed by atoms with Gasteiger partial charge in [-0.05, 0) is 55.0 Å². The standard InChI is InChI=1S/C20H21ClN2O3/c1-2-11-26-18-9-7-17(8-10-18)23-13-14(12-19(23)24)20(25)22-16-5-3-15(21)4-6-16/h3-10,14H,2,11-13H2,1H3,(H,22,25)/t14-/m0/s1. The number of carbonyl (C=O) groups excluding carboxylic acids is 2. The van der Waals surface area contributed by atoms with Gasteiger partial charge in [-0.2, -0.15) is 0 Å². The van der Waals surface area contributed by atoms with E-state index in [-0.39, 0.29) is 24.2 Å². The van der Waals surface area contributed by atoms with Crippen molar-refractivity contribution in [2.24, 2.45) is 5.92 Å². The summed E-state index contributed by atoms with van der Waals surface area (Å²) >= 11 is 5.85. The van der Waals surface area contributed by atoms with Crippen molar-refractivity contribution in [3.63, 3.8) is 0 Å². The molecular weight excluding hydrogens is 352 g/mol. The van der Waals surface area contributed by atoms with E-state index >= 15 is 0 Å². The predicted octanol–water partition coefficient (Wildman–Crippen LogP) is 4.12. The topological polar surface area (TPSA) is 58.6 Å². The van der Waals surface area contributed by atoms with Gasteiger partial charge in [0.1, 0.15) is 5.75 Å². The normalized spacial score (nSPS) is 16.6. The van der Waals surface area contributed by atoms with Gasteiger partial charge >= 0.3 is 0 Å². The van der Waals surface area contributed by atoms with Gasteiger partial charge in [0.25, 0.3) is 0 Å². The van der Waals surface area contributed by atoms with E-state index in [1.54, 1.807) is 29.2 Å². The van der Waals surface area contributed by atoms with Crippen molar-refractivity contribution in [1.29, 1.82) is 0 Å². The Morgan fingerprint density at radius 3 is 2.54 bits per heavy atom. The van der Waals surface area contributed by atoms with Crippen molar-refractivity contribution in [3.05, 3.63) is 53.6 Å². The summed E-state index contributed by atoms with van der Waals surface area (Å²) < 4.78 is 5.56. The van der Waals surface area contributed by atoms with Crippen LogP contribution in [0.5, 0.6) is 5.75 Å². The Bertz CT molecular complexity index is 775. The molecule has 1 N–H and O–H groups in total. The van der Waals surface area contributed by atoms with E-state index in [4.69, 9.17) is 16.3 Å². The molecule has 2 aromatic rings. The lowest BCUT2D eigenvalue weighted by Gasteiger charge is -2.17. The highest BCUT2D eigenvalue weighted by molar-refractivity contribution is 6.30. The summed E-state index contributed by atoms with van der Waals surface area (Å²) in [5.74, 6) is 0.183. The molecular formula is C20H21ClN2O3. The fourth-order valence-electron chi connectivity index (χ4n) is 2.85. The molecule has 1 atom stereocenters. The summed E-state index contributed by atoms with van der Waals surface area (Å²) in [5.41, 5.74) is 1.45. The number of halogens is 1. The molecule has 0 aromatic heterocycles. The van der Waals surface area contributed by atoms with Gasteiger partial charge in [-0.15, -0.1) is 0 Å². The second kappa shape index (κ2) is 8.23. The zero-order valence-electron chi connectivity index (χ0n) is 14.6. The van der Waals surface area contributed by atoms with E-state index in [0.717, 1.165) is 17.9 Å². The zero-order chi connectivity index (χ0) is 18.5. The third-order valence-electron chi connectivity index (χ3n) is 4.23. The van der Waals surface area contributed by atoms with Crippen LogP contribution in [0.1, 0.15) is 19.8 Å². The smallest absolute Gasteiger partial charge is 0.229 e. The lowest BCUT2D eigenvalue weighted by atomic mass is 10.1. The van der Waals surface area contributed by atoms with Crippen LogP contribution in [0, 0.1) is 5.92 Å². The number of hydrogen-bond acceptors (Lipinski definition) is 3. The summed E-state index contributed by atoms with van der Waals surface area (Å²) in [6.07, 6.45) is 1.14. The molecule has 26 heavy (non-hydrogen) atoms. The highest BCUT2D eigenvalue weighted by Gasteiger charge is 2.35. The van der Waals surface area contributed by atoms with Crippen LogP contribution in [0.2, 0.25) is 5.02 Å². The minimum atomic E-state index is -0.380. The first-order valence-corrected chi connectivity index (χ1v) is 9.04. The highest BCUT2D eigenvalue weighted by atomic mass is 35.5. The van der Waals surface area contributed by atoms with Gasteiger partial charge in [0.2, 0.25) is 11.8 Å². The van der Waals surface area contributed by atoms with Crippen molar-refractivity contribution in [1.82, 2.24) is 0 Å². The molecule has 1 saturated heterocycles. The predicted molar refractivity (Wildman–Crippen MR) is 103 cm³/mol. The molecule has 1 heterocycles. The third-order valence-corrected chi connectivity index (χ3v) is 4.48.